The zero-order valence-electron chi connectivity index (χ0n) is 9.80. The van der Waals surface area contributed by atoms with E-state index in [1.54, 1.807) is 6.07 Å². The molecule has 1 heterocycles. The van der Waals surface area contributed by atoms with E-state index in [4.69, 9.17) is 0 Å². The van der Waals surface area contributed by atoms with E-state index in [0.717, 1.165) is 11.3 Å². The number of fused-ring (bicyclic) bond motifs is 1. The standard InChI is InChI=1S/C13H16FNO/c1-13(2,3)10-7-12(16)15-11-5-4-8(14)6-9(10)11/h4-6,10H,7H2,1-3H3,(H,15,16). The maximum atomic E-state index is 13.2. The fourth-order valence-electron chi connectivity index (χ4n) is 2.20. The zero-order chi connectivity index (χ0) is 11.9. The maximum absolute atomic E-state index is 13.2. The van der Waals surface area contributed by atoms with Crippen LogP contribution in [0.2, 0.25) is 0 Å². The minimum absolute atomic E-state index is 0.0130. The number of hydrogen-bond acceptors (Lipinski definition) is 1. The van der Waals surface area contributed by atoms with Crippen molar-refractivity contribution in [3.8, 4) is 0 Å². The fourth-order valence-corrected chi connectivity index (χ4v) is 2.20. The van der Waals surface area contributed by atoms with Crippen molar-refractivity contribution < 1.29 is 9.18 Å². The summed E-state index contributed by atoms with van der Waals surface area (Å²) in [5.41, 5.74) is 1.62. The molecule has 2 rings (SSSR count). The number of benzene rings is 1. The van der Waals surface area contributed by atoms with Gasteiger partial charge in [-0.05, 0) is 35.1 Å². The average molecular weight is 221 g/mol. The van der Waals surface area contributed by atoms with Crippen LogP contribution in [0.3, 0.4) is 0 Å². The molecule has 2 nitrogen and oxygen atoms in total. The number of nitrogens with one attached hydrogen (secondary N) is 1. The minimum Gasteiger partial charge on any atom is -0.326 e. The SMILES string of the molecule is CC(C)(C)C1CC(=O)Nc2ccc(F)cc21. The molecule has 1 aromatic carbocycles. The molecule has 1 atom stereocenters. The molecule has 1 unspecified atom stereocenters. The second-order valence-corrected chi connectivity index (χ2v) is 5.40. The Morgan fingerprint density at radius 3 is 2.69 bits per heavy atom. The fraction of sp³-hybridized carbons (Fsp3) is 0.462. The van der Waals surface area contributed by atoms with Crippen LogP contribution in [0.5, 0.6) is 0 Å². The number of rotatable bonds is 0. The highest BCUT2D eigenvalue weighted by molar-refractivity contribution is 5.94. The summed E-state index contributed by atoms with van der Waals surface area (Å²) in [6, 6.07) is 4.55. The number of hydrogen-bond donors (Lipinski definition) is 1. The van der Waals surface area contributed by atoms with Crippen molar-refractivity contribution in [2.75, 3.05) is 5.32 Å². The quantitative estimate of drug-likeness (QED) is 0.715. The molecule has 86 valence electrons. The van der Waals surface area contributed by atoms with Crippen molar-refractivity contribution in [2.24, 2.45) is 5.41 Å². The summed E-state index contributed by atoms with van der Waals surface area (Å²) in [7, 11) is 0. The summed E-state index contributed by atoms with van der Waals surface area (Å²) >= 11 is 0. The highest BCUT2D eigenvalue weighted by atomic mass is 19.1. The van der Waals surface area contributed by atoms with E-state index in [9.17, 15) is 9.18 Å². The van der Waals surface area contributed by atoms with Crippen molar-refractivity contribution in [1.29, 1.82) is 0 Å². The number of halogens is 1. The van der Waals surface area contributed by atoms with Crippen LogP contribution in [0, 0.1) is 11.2 Å². The third-order valence-electron chi connectivity index (χ3n) is 3.10. The van der Waals surface area contributed by atoms with Gasteiger partial charge < -0.3 is 5.32 Å². The Bertz CT molecular complexity index is 434. The lowest BCUT2D eigenvalue weighted by Crippen LogP contribution is -2.30. The topological polar surface area (TPSA) is 29.1 Å². The monoisotopic (exact) mass is 221 g/mol. The highest BCUT2D eigenvalue weighted by Crippen LogP contribution is 2.43. The molecule has 16 heavy (non-hydrogen) atoms. The van der Waals surface area contributed by atoms with E-state index in [0.29, 0.717) is 6.42 Å². The number of carbonyl (C=O) groups is 1. The highest BCUT2D eigenvalue weighted by Gasteiger charge is 2.33. The Balaban J connectivity index is 2.52. The number of carbonyl (C=O) groups excluding carboxylic acids is 1. The molecule has 0 fully saturated rings. The van der Waals surface area contributed by atoms with E-state index in [2.05, 4.69) is 26.1 Å². The Hall–Kier alpha value is -1.38. The molecule has 1 aliphatic heterocycles. The van der Waals surface area contributed by atoms with E-state index in [1.807, 2.05) is 0 Å². The number of amides is 1. The Morgan fingerprint density at radius 1 is 1.38 bits per heavy atom. The van der Waals surface area contributed by atoms with Gasteiger partial charge in [0.2, 0.25) is 5.91 Å². The van der Waals surface area contributed by atoms with Crippen molar-refractivity contribution in [3.63, 3.8) is 0 Å². The normalized spacial score (nSPS) is 20.2. The lowest BCUT2D eigenvalue weighted by atomic mass is 9.72. The Labute approximate surface area is 94.9 Å². The summed E-state index contributed by atoms with van der Waals surface area (Å²) in [6.07, 6.45) is 0.431. The first-order valence-electron chi connectivity index (χ1n) is 5.47. The van der Waals surface area contributed by atoms with Gasteiger partial charge in [0.15, 0.2) is 0 Å². The molecule has 0 saturated carbocycles. The molecule has 3 heteroatoms. The van der Waals surface area contributed by atoms with Gasteiger partial charge in [0.05, 0.1) is 0 Å². The van der Waals surface area contributed by atoms with Crippen LogP contribution in [-0.2, 0) is 4.79 Å². The van der Waals surface area contributed by atoms with Crippen molar-refractivity contribution in [1.82, 2.24) is 0 Å². The van der Waals surface area contributed by atoms with Gasteiger partial charge in [-0.15, -0.1) is 0 Å². The van der Waals surface area contributed by atoms with Gasteiger partial charge in [-0.2, -0.15) is 0 Å². The summed E-state index contributed by atoms with van der Waals surface area (Å²) in [5.74, 6) is -0.157. The zero-order valence-corrected chi connectivity index (χ0v) is 9.80. The van der Waals surface area contributed by atoms with E-state index in [1.165, 1.54) is 12.1 Å². The van der Waals surface area contributed by atoms with Gasteiger partial charge in [0.25, 0.3) is 0 Å². The van der Waals surface area contributed by atoms with E-state index < -0.39 is 0 Å². The Morgan fingerprint density at radius 2 is 2.06 bits per heavy atom. The molecule has 0 saturated heterocycles. The molecule has 1 aromatic rings. The van der Waals surface area contributed by atoms with Gasteiger partial charge in [0.1, 0.15) is 5.82 Å². The van der Waals surface area contributed by atoms with Crippen LogP contribution in [0.15, 0.2) is 18.2 Å². The summed E-state index contributed by atoms with van der Waals surface area (Å²) in [5, 5.41) is 2.78. The lowest BCUT2D eigenvalue weighted by Gasteiger charge is -2.35. The molecule has 0 spiro atoms. The third-order valence-corrected chi connectivity index (χ3v) is 3.10. The largest absolute Gasteiger partial charge is 0.326 e. The van der Waals surface area contributed by atoms with Crippen molar-refractivity contribution >= 4 is 11.6 Å². The molecule has 0 aliphatic carbocycles. The summed E-state index contributed by atoms with van der Waals surface area (Å²) in [4.78, 5) is 11.6. The lowest BCUT2D eigenvalue weighted by molar-refractivity contribution is -0.117. The van der Waals surface area contributed by atoms with E-state index in [-0.39, 0.29) is 23.1 Å². The molecular formula is C13H16FNO. The second-order valence-electron chi connectivity index (χ2n) is 5.40. The molecule has 0 radical (unpaired) electrons. The molecule has 0 bridgehead atoms. The van der Waals surface area contributed by atoms with Crippen LogP contribution >= 0.6 is 0 Å². The first-order valence-corrected chi connectivity index (χ1v) is 5.47. The van der Waals surface area contributed by atoms with Crippen LogP contribution in [0.25, 0.3) is 0 Å². The number of anilines is 1. The molecule has 1 amide bonds. The smallest absolute Gasteiger partial charge is 0.225 e. The van der Waals surface area contributed by atoms with E-state index >= 15 is 0 Å². The van der Waals surface area contributed by atoms with Crippen LogP contribution < -0.4 is 5.32 Å². The molecule has 1 aliphatic rings. The van der Waals surface area contributed by atoms with Crippen LogP contribution in [0.1, 0.15) is 38.7 Å². The van der Waals surface area contributed by atoms with Gasteiger partial charge in [-0.3, -0.25) is 4.79 Å². The first-order chi connectivity index (χ1) is 7.38. The minimum atomic E-state index is -0.246. The predicted octanol–water partition coefficient (Wildman–Crippen LogP) is 3.30. The van der Waals surface area contributed by atoms with Crippen LogP contribution in [0.4, 0.5) is 10.1 Å². The Kier molecular flexibility index (Phi) is 2.49. The van der Waals surface area contributed by atoms with Gasteiger partial charge >= 0.3 is 0 Å². The van der Waals surface area contributed by atoms with Crippen LogP contribution in [-0.4, -0.2) is 5.91 Å². The summed E-state index contributed by atoms with van der Waals surface area (Å²) in [6.45, 7) is 6.22. The predicted molar refractivity (Wildman–Crippen MR) is 61.8 cm³/mol. The first kappa shape index (κ1) is 11.1. The van der Waals surface area contributed by atoms with Gasteiger partial charge in [-0.25, -0.2) is 4.39 Å². The van der Waals surface area contributed by atoms with Gasteiger partial charge in [0, 0.05) is 12.1 Å². The molecule has 1 N–H and O–H groups in total. The van der Waals surface area contributed by atoms with Crippen molar-refractivity contribution in [3.05, 3.63) is 29.6 Å². The van der Waals surface area contributed by atoms with Gasteiger partial charge in [-0.1, -0.05) is 20.8 Å². The third kappa shape index (κ3) is 1.94. The maximum Gasteiger partial charge on any atom is 0.225 e. The molecule has 0 aromatic heterocycles. The second kappa shape index (κ2) is 3.58. The van der Waals surface area contributed by atoms with Crippen molar-refractivity contribution in [2.45, 2.75) is 33.1 Å². The average Bonchev–Trinajstić information content (AvgIpc) is 2.16. The molecular weight excluding hydrogens is 205 g/mol. The summed E-state index contributed by atoms with van der Waals surface area (Å²) < 4.78 is 13.2.